The molecule has 0 aliphatic carbocycles. The third kappa shape index (κ3) is 1.85. The van der Waals surface area contributed by atoms with E-state index in [1.54, 1.807) is 12.4 Å². The van der Waals surface area contributed by atoms with Crippen LogP contribution < -0.4 is 0 Å². The molecule has 0 saturated carbocycles. The Morgan fingerprint density at radius 1 is 0.952 bits per heavy atom. The number of aromatic nitrogens is 10. The van der Waals surface area contributed by atoms with Crippen molar-refractivity contribution in [3.8, 4) is 34.2 Å². The Morgan fingerprint density at radius 3 is 2.67 bits per heavy atom. The van der Waals surface area contributed by atoms with Gasteiger partial charge in [0.25, 0.3) is 0 Å². The quantitative estimate of drug-likeness (QED) is 0.495. The van der Waals surface area contributed by atoms with Gasteiger partial charge in [-0.25, -0.2) is 4.98 Å². The number of hydrogen-bond acceptors (Lipinski definition) is 7. The maximum absolute atomic E-state index is 4.34. The molecule has 0 amide bonds. The molecule has 0 aliphatic rings. The summed E-state index contributed by atoms with van der Waals surface area (Å²) >= 11 is 0. The minimum Gasteiger partial charge on any atom is -0.278 e. The van der Waals surface area contributed by atoms with Gasteiger partial charge in [0.15, 0.2) is 5.82 Å². The third-order valence-electron chi connectivity index (χ3n) is 2.95. The number of rotatable bonds is 3. The van der Waals surface area contributed by atoms with Crippen LogP contribution in [0.25, 0.3) is 34.2 Å². The summed E-state index contributed by atoms with van der Waals surface area (Å²) in [5, 5.41) is 27.6. The van der Waals surface area contributed by atoms with E-state index in [9.17, 15) is 0 Å². The van der Waals surface area contributed by atoms with Gasteiger partial charge >= 0.3 is 0 Å². The summed E-state index contributed by atoms with van der Waals surface area (Å²) < 4.78 is 0. The lowest BCUT2D eigenvalue weighted by Crippen LogP contribution is -1.96. The number of pyridine rings is 1. The number of tetrazole rings is 1. The van der Waals surface area contributed by atoms with E-state index in [0.29, 0.717) is 17.3 Å². The highest BCUT2D eigenvalue weighted by Crippen LogP contribution is 2.34. The second kappa shape index (κ2) is 4.59. The highest BCUT2D eigenvalue weighted by Gasteiger charge is 2.20. The van der Waals surface area contributed by atoms with Crippen LogP contribution in [0.15, 0.2) is 30.9 Å². The fourth-order valence-corrected chi connectivity index (χ4v) is 2.09. The van der Waals surface area contributed by atoms with Crippen LogP contribution in [0, 0.1) is 0 Å². The van der Waals surface area contributed by atoms with Crippen molar-refractivity contribution in [1.82, 2.24) is 51.0 Å². The summed E-state index contributed by atoms with van der Waals surface area (Å²) in [7, 11) is 0. The van der Waals surface area contributed by atoms with Crippen LogP contribution in [0.1, 0.15) is 0 Å². The van der Waals surface area contributed by atoms with Gasteiger partial charge in [-0.15, -0.1) is 10.2 Å². The van der Waals surface area contributed by atoms with Gasteiger partial charge in [-0.2, -0.15) is 15.4 Å². The molecule has 4 aromatic heterocycles. The Bertz CT molecular complexity index is 779. The zero-order valence-electron chi connectivity index (χ0n) is 10.5. The van der Waals surface area contributed by atoms with Crippen molar-refractivity contribution in [1.29, 1.82) is 0 Å². The Labute approximate surface area is 117 Å². The Balaban J connectivity index is 2.03. The fraction of sp³-hybridized carbons (Fsp3) is 0. The zero-order chi connectivity index (χ0) is 14.1. The molecule has 0 saturated heterocycles. The van der Waals surface area contributed by atoms with Crippen LogP contribution in [0.3, 0.4) is 0 Å². The number of hydrogen-bond donors (Lipinski definition) is 3. The number of H-pyrrole nitrogens is 3. The van der Waals surface area contributed by atoms with E-state index in [0.717, 1.165) is 16.8 Å². The van der Waals surface area contributed by atoms with Gasteiger partial charge in [-0.1, -0.05) is 0 Å². The van der Waals surface area contributed by atoms with E-state index in [1.807, 2.05) is 12.1 Å². The van der Waals surface area contributed by atoms with E-state index in [1.165, 1.54) is 6.33 Å². The van der Waals surface area contributed by atoms with Crippen LogP contribution in [-0.2, 0) is 0 Å². The molecule has 0 radical (unpaired) electrons. The molecule has 0 spiro atoms. The highest BCUT2D eigenvalue weighted by molar-refractivity contribution is 5.87. The molecule has 0 unspecified atom stereocenters. The topological polar surface area (TPSA) is 138 Å². The van der Waals surface area contributed by atoms with Crippen molar-refractivity contribution >= 4 is 0 Å². The van der Waals surface area contributed by atoms with Crippen LogP contribution in [0.5, 0.6) is 0 Å². The lowest BCUT2D eigenvalue weighted by Gasteiger charge is -2.08. The van der Waals surface area contributed by atoms with Crippen LogP contribution >= 0.6 is 0 Å². The first-order valence-electron chi connectivity index (χ1n) is 6.02. The smallest absolute Gasteiger partial charge is 0.223 e. The molecule has 4 heterocycles. The molecule has 0 bridgehead atoms. The van der Waals surface area contributed by atoms with E-state index >= 15 is 0 Å². The van der Waals surface area contributed by atoms with Crippen LogP contribution in [-0.4, -0.2) is 51.0 Å². The summed E-state index contributed by atoms with van der Waals surface area (Å²) in [4.78, 5) is 8.54. The van der Waals surface area contributed by atoms with Gasteiger partial charge in [-0.3, -0.25) is 15.2 Å². The molecule has 4 aromatic rings. The van der Waals surface area contributed by atoms with Gasteiger partial charge in [0.1, 0.15) is 12.0 Å². The first kappa shape index (κ1) is 11.4. The first-order valence-corrected chi connectivity index (χ1v) is 6.02. The molecule has 10 nitrogen and oxygen atoms in total. The number of nitrogens with zero attached hydrogens (tertiary/aromatic N) is 7. The Kier molecular flexibility index (Phi) is 2.49. The summed E-state index contributed by atoms with van der Waals surface area (Å²) in [5.74, 6) is 0.940. The second-order valence-electron chi connectivity index (χ2n) is 4.12. The molecule has 3 N–H and O–H groups in total. The minimum absolute atomic E-state index is 0.378. The standard InChI is InChI=1S/C11H8N10/c1-3-12-9(11-18-20-21-19-11)8(10-13-5-15-17-10)6(1)7-2-4-14-16-7/h1-5H,(H,14,16)(H,13,15,17)(H,18,19,20,21). The monoisotopic (exact) mass is 280 g/mol. The zero-order valence-corrected chi connectivity index (χ0v) is 10.5. The van der Waals surface area contributed by atoms with Gasteiger partial charge in [-0.05, 0) is 17.3 Å². The van der Waals surface area contributed by atoms with E-state index < -0.39 is 0 Å². The number of aromatic amines is 3. The van der Waals surface area contributed by atoms with E-state index in [-0.39, 0.29) is 0 Å². The Hall–Kier alpha value is -3.43. The normalized spacial score (nSPS) is 10.9. The van der Waals surface area contributed by atoms with Crippen molar-refractivity contribution in [2.45, 2.75) is 0 Å². The Morgan fingerprint density at radius 2 is 1.95 bits per heavy atom. The molecule has 21 heavy (non-hydrogen) atoms. The molecule has 0 aromatic carbocycles. The molecular weight excluding hydrogens is 272 g/mol. The van der Waals surface area contributed by atoms with E-state index in [2.05, 4.69) is 51.0 Å². The summed E-state index contributed by atoms with van der Waals surface area (Å²) in [5.41, 5.74) is 2.96. The second-order valence-corrected chi connectivity index (χ2v) is 4.12. The van der Waals surface area contributed by atoms with E-state index in [4.69, 9.17) is 0 Å². The molecule has 0 fully saturated rings. The van der Waals surface area contributed by atoms with Gasteiger partial charge in [0.05, 0.1) is 11.3 Å². The van der Waals surface area contributed by atoms with Gasteiger partial charge in [0.2, 0.25) is 5.82 Å². The van der Waals surface area contributed by atoms with Crippen LogP contribution in [0.2, 0.25) is 0 Å². The molecule has 4 rings (SSSR count). The SMILES string of the molecule is c1cc(-c2ccnc(-c3nn[nH]n3)c2-c2ncn[nH]2)[nH]n1. The molecule has 102 valence electrons. The largest absolute Gasteiger partial charge is 0.278 e. The van der Waals surface area contributed by atoms with Gasteiger partial charge < -0.3 is 0 Å². The highest BCUT2D eigenvalue weighted by atomic mass is 15.5. The third-order valence-corrected chi connectivity index (χ3v) is 2.95. The van der Waals surface area contributed by atoms with Gasteiger partial charge in [0, 0.05) is 18.0 Å². The average Bonchev–Trinajstić information content (AvgIpc) is 3.28. The van der Waals surface area contributed by atoms with Crippen LogP contribution in [0.4, 0.5) is 0 Å². The summed E-state index contributed by atoms with van der Waals surface area (Å²) in [6.45, 7) is 0. The molecular formula is C11H8N10. The van der Waals surface area contributed by atoms with Crippen molar-refractivity contribution in [2.75, 3.05) is 0 Å². The average molecular weight is 280 g/mol. The van der Waals surface area contributed by atoms with Crippen molar-refractivity contribution in [3.05, 3.63) is 30.9 Å². The molecule has 0 aliphatic heterocycles. The fourth-order valence-electron chi connectivity index (χ4n) is 2.09. The summed E-state index contributed by atoms with van der Waals surface area (Å²) in [6, 6.07) is 3.71. The molecule has 0 atom stereocenters. The minimum atomic E-state index is 0.378. The number of nitrogens with one attached hydrogen (secondary N) is 3. The van der Waals surface area contributed by atoms with Crippen molar-refractivity contribution in [3.63, 3.8) is 0 Å². The van der Waals surface area contributed by atoms with Crippen molar-refractivity contribution in [2.24, 2.45) is 0 Å². The lowest BCUT2D eigenvalue weighted by atomic mass is 10.0. The predicted octanol–water partition coefficient (Wildman–Crippen LogP) is 0.437. The predicted molar refractivity (Wildman–Crippen MR) is 70.4 cm³/mol. The van der Waals surface area contributed by atoms with Crippen molar-refractivity contribution < 1.29 is 0 Å². The maximum Gasteiger partial charge on any atom is 0.223 e. The summed E-state index contributed by atoms with van der Waals surface area (Å²) in [6.07, 6.45) is 4.77. The molecule has 10 heteroatoms. The first-order chi connectivity index (χ1) is 10.4. The lowest BCUT2D eigenvalue weighted by molar-refractivity contribution is 0.881. The maximum atomic E-state index is 4.34.